The van der Waals surface area contributed by atoms with Gasteiger partial charge in [-0.2, -0.15) is 0 Å². The van der Waals surface area contributed by atoms with Crippen LogP contribution in [0.25, 0.3) is 0 Å². The molecule has 31 heavy (non-hydrogen) atoms. The molecule has 0 saturated carbocycles. The third-order valence-electron chi connectivity index (χ3n) is 5.21. The second-order valence-electron chi connectivity index (χ2n) is 8.98. The zero-order chi connectivity index (χ0) is 22.6. The Balaban J connectivity index is 1.48. The first kappa shape index (κ1) is 22.8. The van der Waals surface area contributed by atoms with Gasteiger partial charge in [0.25, 0.3) is 5.91 Å². The van der Waals surface area contributed by atoms with Crippen LogP contribution in [0.1, 0.15) is 48.1 Å². The molecule has 1 aliphatic heterocycles. The Kier molecular flexibility index (Phi) is 7.00. The van der Waals surface area contributed by atoms with Gasteiger partial charge >= 0.3 is 0 Å². The molecular weight excluding hydrogens is 396 g/mol. The van der Waals surface area contributed by atoms with Gasteiger partial charge in [0, 0.05) is 37.3 Å². The van der Waals surface area contributed by atoms with Crippen LogP contribution in [0.3, 0.4) is 0 Å². The average molecular weight is 429 g/mol. The van der Waals surface area contributed by atoms with Crippen molar-refractivity contribution in [2.75, 3.05) is 32.7 Å². The molecule has 0 atom stereocenters. The van der Waals surface area contributed by atoms with Crippen LogP contribution in [0.2, 0.25) is 0 Å². The monoisotopic (exact) mass is 428 g/mol. The predicted molar refractivity (Wildman–Crippen MR) is 117 cm³/mol. The van der Waals surface area contributed by atoms with E-state index in [1.165, 1.54) is 0 Å². The summed E-state index contributed by atoms with van der Waals surface area (Å²) in [6.07, 6.45) is 0. The lowest BCUT2D eigenvalue weighted by Gasteiger charge is -2.35. The fourth-order valence-corrected chi connectivity index (χ4v) is 3.51. The standard InChI is InChI=1S/C23H32N4O4/c1-16-20(17(2)31-25-16)15-30-19-8-6-18(7-9-19)22(29)27-12-10-26(11-13-27)14-21(28)24-23(3,4)5/h6-9H,10-15H2,1-5H3,(H,24,28). The molecule has 1 aromatic carbocycles. The Labute approximate surface area is 183 Å². The molecule has 2 aromatic rings. The number of aromatic nitrogens is 1. The summed E-state index contributed by atoms with van der Waals surface area (Å²) in [5, 5.41) is 6.90. The summed E-state index contributed by atoms with van der Waals surface area (Å²) in [6.45, 7) is 12.9. The van der Waals surface area contributed by atoms with Crippen molar-refractivity contribution in [3.63, 3.8) is 0 Å². The van der Waals surface area contributed by atoms with Crippen molar-refractivity contribution in [1.82, 2.24) is 20.3 Å². The van der Waals surface area contributed by atoms with Crippen LogP contribution >= 0.6 is 0 Å². The Morgan fingerprint density at radius 2 is 1.74 bits per heavy atom. The Morgan fingerprint density at radius 3 is 2.29 bits per heavy atom. The van der Waals surface area contributed by atoms with Crippen LogP contribution < -0.4 is 10.1 Å². The molecule has 0 bridgehead atoms. The lowest BCUT2D eigenvalue weighted by atomic mass is 10.1. The fraction of sp³-hybridized carbons (Fsp3) is 0.522. The minimum Gasteiger partial charge on any atom is -0.489 e. The Bertz CT molecular complexity index is 887. The molecular formula is C23H32N4O4. The maximum atomic E-state index is 12.8. The van der Waals surface area contributed by atoms with Gasteiger partial charge in [0.05, 0.1) is 17.8 Å². The first-order valence-electron chi connectivity index (χ1n) is 10.6. The number of nitrogens with one attached hydrogen (secondary N) is 1. The zero-order valence-electron chi connectivity index (χ0n) is 19.0. The van der Waals surface area contributed by atoms with Gasteiger partial charge in [0.1, 0.15) is 18.1 Å². The molecule has 1 fully saturated rings. The summed E-state index contributed by atoms with van der Waals surface area (Å²) in [7, 11) is 0. The molecule has 1 saturated heterocycles. The number of hydrogen-bond donors (Lipinski definition) is 1. The molecule has 3 rings (SSSR count). The van der Waals surface area contributed by atoms with E-state index in [1.807, 2.05) is 39.5 Å². The number of piperazine rings is 1. The number of hydrogen-bond acceptors (Lipinski definition) is 6. The highest BCUT2D eigenvalue weighted by Crippen LogP contribution is 2.19. The molecule has 168 valence electrons. The van der Waals surface area contributed by atoms with E-state index < -0.39 is 0 Å². The summed E-state index contributed by atoms with van der Waals surface area (Å²) in [5.41, 5.74) is 2.15. The first-order valence-corrected chi connectivity index (χ1v) is 10.6. The number of ether oxygens (including phenoxy) is 1. The van der Waals surface area contributed by atoms with Gasteiger partial charge in [0.2, 0.25) is 5.91 Å². The highest BCUT2D eigenvalue weighted by atomic mass is 16.5. The van der Waals surface area contributed by atoms with Crippen LogP contribution in [0.5, 0.6) is 5.75 Å². The van der Waals surface area contributed by atoms with Crippen molar-refractivity contribution < 1.29 is 18.8 Å². The highest BCUT2D eigenvalue weighted by molar-refractivity contribution is 5.94. The first-order chi connectivity index (χ1) is 14.6. The summed E-state index contributed by atoms with van der Waals surface area (Å²) < 4.78 is 11.0. The summed E-state index contributed by atoms with van der Waals surface area (Å²) >= 11 is 0. The third-order valence-corrected chi connectivity index (χ3v) is 5.21. The van der Waals surface area contributed by atoms with Gasteiger partial charge in [-0.25, -0.2) is 0 Å². The van der Waals surface area contributed by atoms with Crippen molar-refractivity contribution in [1.29, 1.82) is 0 Å². The van der Waals surface area contributed by atoms with E-state index in [0.717, 1.165) is 17.0 Å². The molecule has 1 aromatic heterocycles. The average Bonchev–Trinajstić information content (AvgIpc) is 3.03. The number of rotatable bonds is 6. The molecule has 0 unspecified atom stereocenters. The second-order valence-corrected chi connectivity index (χ2v) is 8.98. The number of aryl methyl sites for hydroxylation is 2. The van der Waals surface area contributed by atoms with Crippen LogP contribution in [0.4, 0.5) is 0 Å². The highest BCUT2D eigenvalue weighted by Gasteiger charge is 2.24. The molecule has 2 heterocycles. The number of carbonyl (C=O) groups is 2. The van der Waals surface area contributed by atoms with Crippen molar-refractivity contribution in [2.45, 2.75) is 46.8 Å². The lowest BCUT2D eigenvalue weighted by molar-refractivity contribution is -0.124. The summed E-state index contributed by atoms with van der Waals surface area (Å²) in [5.74, 6) is 1.45. The summed E-state index contributed by atoms with van der Waals surface area (Å²) in [4.78, 5) is 28.8. The third kappa shape index (κ3) is 6.30. The van der Waals surface area contributed by atoms with Crippen molar-refractivity contribution in [3.8, 4) is 5.75 Å². The van der Waals surface area contributed by atoms with E-state index >= 15 is 0 Å². The smallest absolute Gasteiger partial charge is 0.253 e. The lowest BCUT2D eigenvalue weighted by Crippen LogP contribution is -2.52. The van der Waals surface area contributed by atoms with E-state index in [-0.39, 0.29) is 17.4 Å². The molecule has 1 N–H and O–H groups in total. The van der Waals surface area contributed by atoms with Crippen LogP contribution in [0.15, 0.2) is 28.8 Å². The topological polar surface area (TPSA) is 87.9 Å². The van der Waals surface area contributed by atoms with E-state index in [9.17, 15) is 9.59 Å². The van der Waals surface area contributed by atoms with Crippen LogP contribution in [0, 0.1) is 13.8 Å². The van der Waals surface area contributed by atoms with Crippen LogP contribution in [-0.2, 0) is 11.4 Å². The van der Waals surface area contributed by atoms with Crippen molar-refractivity contribution in [2.24, 2.45) is 0 Å². The van der Waals surface area contributed by atoms with Gasteiger partial charge in [-0.05, 0) is 58.9 Å². The van der Waals surface area contributed by atoms with Gasteiger partial charge in [-0.15, -0.1) is 0 Å². The maximum absolute atomic E-state index is 12.8. The molecule has 8 heteroatoms. The minimum atomic E-state index is -0.238. The van der Waals surface area contributed by atoms with Crippen LogP contribution in [-0.4, -0.2) is 65.0 Å². The molecule has 1 aliphatic rings. The van der Waals surface area contributed by atoms with Gasteiger partial charge in [-0.1, -0.05) is 5.16 Å². The number of nitrogens with zero attached hydrogens (tertiary/aromatic N) is 3. The summed E-state index contributed by atoms with van der Waals surface area (Å²) in [6, 6.07) is 7.18. The van der Waals surface area contributed by atoms with E-state index in [1.54, 1.807) is 24.3 Å². The normalized spacial score (nSPS) is 15.1. The minimum absolute atomic E-state index is 0.00364. The SMILES string of the molecule is Cc1noc(C)c1COc1ccc(C(=O)N2CCN(CC(=O)NC(C)(C)C)CC2)cc1. The zero-order valence-corrected chi connectivity index (χ0v) is 19.0. The van der Waals surface area contributed by atoms with E-state index in [2.05, 4.69) is 15.4 Å². The number of carbonyl (C=O) groups excluding carboxylic acids is 2. The molecule has 0 radical (unpaired) electrons. The predicted octanol–water partition coefficient (Wildman–Crippen LogP) is 2.54. The van der Waals surface area contributed by atoms with Gasteiger partial charge in [0.15, 0.2) is 0 Å². The molecule has 0 spiro atoms. The second kappa shape index (κ2) is 9.51. The Morgan fingerprint density at radius 1 is 1.10 bits per heavy atom. The molecule has 2 amide bonds. The molecule has 0 aliphatic carbocycles. The largest absolute Gasteiger partial charge is 0.489 e. The fourth-order valence-electron chi connectivity index (χ4n) is 3.51. The maximum Gasteiger partial charge on any atom is 0.253 e. The van der Waals surface area contributed by atoms with Crippen molar-refractivity contribution in [3.05, 3.63) is 46.8 Å². The van der Waals surface area contributed by atoms with E-state index in [4.69, 9.17) is 9.26 Å². The number of amides is 2. The van der Waals surface area contributed by atoms with Gasteiger partial charge < -0.3 is 19.5 Å². The molecule has 8 nitrogen and oxygen atoms in total. The number of benzene rings is 1. The van der Waals surface area contributed by atoms with Crippen molar-refractivity contribution >= 4 is 11.8 Å². The van der Waals surface area contributed by atoms with Gasteiger partial charge in [-0.3, -0.25) is 14.5 Å². The van der Waals surface area contributed by atoms with E-state index in [0.29, 0.717) is 50.6 Å². The Hall–Kier alpha value is -2.87. The quantitative estimate of drug-likeness (QED) is 0.761.